The van der Waals surface area contributed by atoms with Gasteiger partial charge in [-0.15, -0.1) is 0 Å². The van der Waals surface area contributed by atoms with Crippen molar-refractivity contribution >= 4 is 22.5 Å². The van der Waals surface area contributed by atoms with E-state index in [9.17, 15) is 4.79 Å². The molecule has 0 radical (unpaired) electrons. The molecule has 1 rings (SSSR count). The summed E-state index contributed by atoms with van der Waals surface area (Å²) in [7, 11) is 0. The topological polar surface area (TPSA) is 65.2 Å². The Kier molecular flexibility index (Phi) is 2.65. The first-order chi connectivity index (χ1) is 5.61. The Hall–Kier alpha value is -1.10. The van der Waals surface area contributed by atoms with Gasteiger partial charge in [-0.05, 0) is 25.4 Å². The summed E-state index contributed by atoms with van der Waals surface area (Å²) in [5, 5.41) is 0.403. The van der Waals surface area contributed by atoms with Crippen LogP contribution in [0.25, 0.3) is 0 Å². The highest BCUT2D eigenvalue weighted by atomic mass is 32.1. The minimum absolute atomic E-state index is 0.128. The van der Waals surface area contributed by atoms with Gasteiger partial charge in [-0.3, -0.25) is 0 Å². The number of nitrogens with zero attached hydrogens (tertiary/aromatic N) is 1. The lowest BCUT2D eigenvalue weighted by atomic mass is 10.3. The third kappa shape index (κ3) is 1.94. The first-order valence-corrected chi connectivity index (χ1v) is 4.29. The number of nitrogens with two attached hydrogens (primary N) is 1. The molecule has 0 amide bonds. The van der Waals surface area contributed by atoms with Crippen molar-refractivity contribution in [2.45, 2.75) is 20.0 Å². The molecule has 0 aliphatic carbocycles. The van der Waals surface area contributed by atoms with Gasteiger partial charge in [0.15, 0.2) is 0 Å². The zero-order valence-electron chi connectivity index (χ0n) is 6.90. The normalized spacial score (nSPS) is 10.2. The molecule has 0 bridgehead atoms. The van der Waals surface area contributed by atoms with Crippen LogP contribution >= 0.6 is 11.5 Å². The SMILES string of the molecule is CC(C)OC(=O)c1cnsc1N. The summed E-state index contributed by atoms with van der Waals surface area (Å²) in [6.07, 6.45) is 1.29. The molecule has 0 aliphatic heterocycles. The van der Waals surface area contributed by atoms with E-state index in [1.807, 2.05) is 0 Å². The van der Waals surface area contributed by atoms with Gasteiger partial charge in [0, 0.05) is 0 Å². The predicted molar refractivity (Wildman–Crippen MR) is 47.1 cm³/mol. The average Bonchev–Trinajstić information content (AvgIpc) is 2.33. The molecule has 4 nitrogen and oxygen atoms in total. The quantitative estimate of drug-likeness (QED) is 0.707. The number of carbonyl (C=O) groups is 1. The van der Waals surface area contributed by atoms with Crippen molar-refractivity contribution in [3.05, 3.63) is 11.8 Å². The Labute approximate surface area is 74.5 Å². The summed E-state index contributed by atoms with van der Waals surface area (Å²) in [5.74, 6) is -0.406. The molecule has 5 heteroatoms. The van der Waals surface area contributed by atoms with E-state index in [-0.39, 0.29) is 6.10 Å². The monoisotopic (exact) mass is 186 g/mol. The van der Waals surface area contributed by atoms with Crippen LogP contribution < -0.4 is 5.73 Å². The van der Waals surface area contributed by atoms with Gasteiger partial charge in [0.2, 0.25) is 0 Å². The largest absolute Gasteiger partial charge is 0.459 e. The van der Waals surface area contributed by atoms with Crippen LogP contribution in [0.5, 0.6) is 0 Å². The second-order valence-corrected chi connectivity index (χ2v) is 3.39. The average molecular weight is 186 g/mol. The number of carbonyl (C=O) groups excluding carboxylic acids is 1. The smallest absolute Gasteiger partial charge is 0.343 e. The molecule has 0 aromatic carbocycles. The number of anilines is 1. The van der Waals surface area contributed by atoms with Crippen LogP contribution in [0.3, 0.4) is 0 Å². The van der Waals surface area contributed by atoms with E-state index in [1.165, 1.54) is 6.20 Å². The molecular formula is C7H10N2O2S. The molecule has 0 saturated heterocycles. The summed E-state index contributed by atoms with van der Waals surface area (Å²) < 4.78 is 8.69. The van der Waals surface area contributed by atoms with E-state index in [2.05, 4.69) is 4.37 Å². The highest BCUT2D eigenvalue weighted by Gasteiger charge is 2.14. The zero-order chi connectivity index (χ0) is 9.14. The van der Waals surface area contributed by atoms with E-state index >= 15 is 0 Å². The van der Waals surface area contributed by atoms with Crippen molar-refractivity contribution in [2.24, 2.45) is 0 Å². The second kappa shape index (κ2) is 3.53. The first kappa shape index (κ1) is 8.99. The van der Waals surface area contributed by atoms with Crippen LogP contribution in [0.15, 0.2) is 6.20 Å². The number of hydrogen-bond acceptors (Lipinski definition) is 5. The summed E-state index contributed by atoms with van der Waals surface area (Å²) in [6.45, 7) is 3.57. The maximum Gasteiger partial charge on any atom is 0.343 e. The molecule has 12 heavy (non-hydrogen) atoms. The molecule has 1 aromatic heterocycles. The summed E-state index contributed by atoms with van der Waals surface area (Å²) >= 11 is 1.09. The molecular weight excluding hydrogens is 176 g/mol. The molecule has 2 N–H and O–H groups in total. The number of ether oxygens (including phenoxy) is 1. The summed E-state index contributed by atoms with van der Waals surface area (Å²) in [6, 6.07) is 0. The van der Waals surface area contributed by atoms with Gasteiger partial charge in [-0.1, -0.05) is 0 Å². The van der Waals surface area contributed by atoms with Crippen molar-refractivity contribution < 1.29 is 9.53 Å². The standard InChI is InChI=1S/C7H10N2O2S/c1-4(2)11-7(10)5-3-9-12-6(5)8/h3-4H,8H2,1-2H3. The summed E-state index contributed by atoms with van der Waals surface area (Å²) in [5.41, 5.74) is 5.83. The number of esters is 1. The van der Waals surface area contributed by atoms with E-state index in [0.717, 1.165) is 11.5 Å². The molecule has 0 aliphatic rings. The lowest BCUT2D eigenvalue weighted by molar-refractivity contribution is 0.0379. The Balaban J connectivity index is 2.72. The fourth-order valence-electron chi connectivity index (χ4n) is 0.679. The Morgan fingerprint density at radius 2 is 2.42 bits per heavy atom. The Morgan fingerprint density at radius 3 is 2.83 bits per heavy atom. The van der Waals surface area contributed by atoms with Gasteiger partial charge in [-0.25, -0.2) is 4.79 Å². The highest BCUT2D eigenvalue weighted by molar-refractivity contribution is 7.10. The molecule has 1 aromatic rings. The van der Waals surface area contributed by atoms with Gasteiger partial charge in [0.25, 0.3) is 0 Å². The van der Waals surface area contributed by atoms with Crippen LogP contribution in [-0.2, 0) is 4.74 Å². The Morgan fingerprint density at radius 1 is 1.75 bits per heavy atom. The van der Waals surface area contributed by atoms with E-state index in [0.29, 0.717) is 10.6 Å². The maximum atomic E-state index is 11.2. The van der Waals surface area contributed by atoms with Crippen molar-refractivity contribution in [3.8, 4) is 0 Å². The number of hydrogen-bond donors (Lipinski definition) is 1. The first-order valence-electron chi connectivity index (χ1n) is 3.52. The number of aromatic nitrogens is 1. The Bertz CT molecular complexity index is 283. The number of nitrogen functional groups attached to an aromatic ring is 1. The van der Waals surface area contributed by atoms with Crippen LogP contribution in [0, 0.1) is 0 Å². The summed E-state index contributed by atoms with van der Waals surface area (Å²) in [4.78, 5) is 11.2. The van der Waals surface area contributed by atoms with Crippen LogP contribution in [0.2, 0.25) is 0 Å². The van der Waals surface area contributed by atoms with Gasteiger partial charge in [0.1, 0.15) is 10.6 Å². The van der Waals surface area contributed by atoms with Gasteiger partial charge < -0.3 is 10.5 Å². The van der Waals surface area contributed by atoms with E-state index in [1.54, 1.807) is 13.8 Å². The van der Waals surface area contributed by atoms with Crippen molar-refractivity contribution in [1.82, 2.24) is 4.37 Å². The molecule has 0 spiro atoms. The molecule has 1 heterocycles. The van der Waals surface area contributed by atoms with Gasteiger partial charge in [0.05, 0.1) is 12.3 Å². The molecule has 0 saturated carbocycles. The molecule has 0 atom stereocenters. The molecule has 0 fully saturated rings. The fraction of sp³-hybridized carbons (Fsp3) is 0.429. The lowest BCUT2D eigenvalue weighted by Gasteiger charge is -2.05. The van der Waals surface area contributed by atoms with Crippen LogP contribution in [0.4, 0.5) is 5.00 Å². The fourth-order valence-corrected chi connectivity index (χ4v) is 1.19. The third-order valence-corrected chi connectivity index (χ3v) is 1.79. The molecule has 66 valence electrons. The van der Waals surface area contributed by atoms with E-state index < -0.39 is 5.97 Å². The third-order valence-electron chi connectivity index (χ3n) is 1.16. The molecule has 0 unspecified atom stereocenters. The van der Waals surface area contributed by atoms with Crippen molar-refractivity contribution in [3.63, 3.8) is 0 Å². The van der Waals surface area contributed by atoms with Crippen LogP contribution in [0.1, 0.15) is 24.2 Å². The van der Waals surface area contributed by atoms with Crippen molar-refractivity contribution in [1.29, 1.82) is 0 Å². The van der Waals surface area contributed by atoms with Gasteiger partial charge >= 0.3 is 5.97 Å². The highest BCUT2D eigenvalue weighted by Crippen LogP contribution is 2.16. The van der Waals surface area contributed by atoms with Crippen LogP contribution in [-0.4, -0.2) is 16.4 Å². The zero-order valence-corrected chi connectivity index (χ0v) is 7.72. The predicted octanol–water partition coefficient (Wildman–Crippen LogP) is 1.29. The second-order valence-electron chi connectivity index (χ2n) is 2.56. The minimum atomic E-state index is -0.406. The van der Waals surface area contributed by atoms with Gasteiger partial charge in [-0.2, -0.15) is 4.37 Å². The maximum absolute atomic E-state index is 11.2. The minimum Gasteiger partial charge on any atom is -0.459 e. The number of rotatable bonds is 2. The lowest BCUT2D eigenvalue weighted by Crippen LogP contribution is -2.11. The van der Waals surface area contributed by atoms with E-state index in [4.69, 9.17) is 10.5 Å². The van der Waals surface area contributed by atoms with Crippen molar-refractivity contribution in [2.75, 3.05) is 5.73 Å².